The molecule has 1 heterocycles. The highest BCUT2D eigenvalue weighted by Gasteiger charge is 2.58. The molecule has 1 aliphatic heterocycles. The molecule has 0 radical (unpaired) electrons. The maximum Gasteiger partial charge on any atom is 0.231 e. The van der Waals surface area contributed by atoms with Crippen molar-refractivity contribution in [2.45, 2.75) is 59.9 Å². The summed E-state index contributed by atoms with van der Waals surface area (Å²) in [4.78, 5) is 25.0. The fourth-order valence-corrected chi connectivity index (χ4v) is 3.94. The van der Waals surface area contributed by atoms with E-state index in [1.165, 1.54) is 5.56 Å². The molecule has 25 heavy (non-hydrogen) atoms. The largest absolute Gasteiger partial charge is 0.325 e. The molecule has 2 amide bonds. The van der Waals surface area contributed by atoms with Crippen LogP contribution in [0.3, 0.4) is 0 Å². The van der Waals surface area contributed by atoms with Crippen LogP contribution in [-0.2, 0) is 16.0 Å². The molecule has 3 unspecified atom stereocenters. The molecule has 4 nitrogen and oxygen atoms in total. The second-order valence-corrected chi connectivity index (χ2v) is 9.30. The highest BCUT2D eigenvalue weighted by Crippen LogP contribution is 2.49. The van der Waals surface area contributed by atoms with Gasteiger partial charge in [0.15, 0.2) is 0 Å². The summed E-state index contributed by atoms with van der Waals surface area (Å²) in [7, 11) is 0. The van der Waals surface area contributed by atoms with Gasteiger partial charge < -0.3 is 5.73 Å². The third-order valence-corrected chi connectivity index (χ3v) is 6.10. The fraction of sp³-hybridized carbons (Fsp3) is 0.619. The number of nitrogens with one attached hydrogen (secondary N) is 1. The average Bonchev–Trinajstić information content (AvgIpc) is 2.81. The topological polar surface area (TPSA) is 72.2 Å². The van der Waals surface area contributed by atoms with Crippen molar-refractivity contribution < 1.29 is 9.59 Å². The molecule has 138 valence electrons. The Morgan fingerprint density at radius 2 is 1.44 bits per heavy atom. The molecule has 4 heteroatoms. The van der Waals surface area contributed by atoms with E-state index in [1.807, 2.05) is 59.7 Å². The lowest BCUT2D eigenvalue weighted by molar-refractivity contribution is -0.130. The van der Waals surface area contributed by atoms with Gasteiger partial charge in [-0.15, -0.1) is 0 Å². The summed E-state index contributed by atoms with van der Waals surface area (Å²) in [5.74, 6) is -1.15. The molecule has 0 bridgehead atoms. The van der Waals surface area contributed by atoms with Gasteiger partial charge in [-0.2, -0.15) is 0 Å². The van der Waals surface area contributed by atoms with Crippen LogP contribution in [0.1, 0.15) is 53.5 Å². The SMILES string of the molecule is CC(C)(C)C1C(=O)NC(=O)C1C(C)(C)C(C)(N)CCc1ccccc1. The van der Waals surface area contributed by atoms with Crippen molar-refractivity contribution >= 4 is 11.8 Å². The van der Waals surface area contributed by atoms with Crippen LogP contribution >= 0.6 is 0 Å². The summed E-state index contributed by atoms with van der Waals surface area (Å²) in [6.45, 7) is 12.1. The minimum Gasteiger partial charge on any atom is -0.325 e. The summed E-state index contributed by atoms with van der Waals surface area (Å²) >= 11 is 0. The standard InChI is InChI=1S/C21H32N2O2/c1-19(2,3)15-16(18(25)23-17(15)24)20(4,5)21(6,22)13-12-14-10-8-7-9-11-14/h7-11,15-16H,12-13,22H2,1-6H3,(H,23,24,25). The number of hydrogen-bond donors (Lipinski definition) is 2. The molecular weight excluding hydrogens is 312 g/mol. The monoisotopic (exact) mass is 344 g/mol. The van der Waals surface area contributed by atoms with Crippen molar-refractivity contribution in [2.24, 2.45) is 28.4 Å². The van der Waals surface area contributed by atoms with Gasteiger partial charge in [-0.3, -0.25) is 14.9 Å². The highest BCUT2D eigenvalue weighted by atomic mass is 16.2. The molecule has 0 aliphatic carbocycles. The van der Waals surface area contributed by atoms with Crippen LogP contribution in [-0.4, -0.2) is 17.4 Å². The van der Waals surface area contributed by atoms with Crippen molar-refractivity contribution in [2.75, 3.05) is 0 Å². The molecular formula is C21H32N2O2. The van der Waals surface area contributed by atoms with Crippen molar-refractivity contribution in [3.8, 4) is 0 Å². The van der Waals surface area contributed by atoms with Gasteiger partial charge in [0.25, 0.3) is 0 Å². The second kappa shape index (κ2) is 6.56. The third kappa shape index (κ3) is 3.79. The maximum atomic E-state index is 12.6. The Kier molecular flexibility index (Phi) is 5.16. The third-order valence-electron chi connectivity index (χ3n) is 6.10. The van der Waals surface area contributed by atoms with E-state index in [2.05, 4.69) is 17.4 Å². The first kappa shape index (κ1) is 19.6. The molecule has 0 spiro atoms. The number of aryl methyl sites for hydroxylation is 1. The molecule has 1 saturated heterocycles. The van der Waals surface area contributed by atoms with Crippen LogP contribution in [0, 0.1) is 22.7 Å². The van der Waals surface area contributed by atoms with E-state index in [4.69, 9.17) is 5.73 Å². The van der Waals surface area contributed by atoms with Crippen molar-refractivity contribution in [1.29, 1.82) is 0 Å². The molecule has 0 saturated carbocycles. The van der Waals surface area contributed by atoms with Gasteiger partial charge >= 0.3 is 0 Å². The number of carbonyl (C=O) groups is 2. The first-order chi connectivity index (χ1) is 11.4. The van der Waals surface area contributed by atoms with Crippen LogP contribution in [0.4, 0.5) is 0 Å². The Balaban J connectivity index is 2.27. The van der Waals surface area contributed by atoms with Crippen LogP contribution in [0.2, 0.25) is 0 Å². The molecule has 2 rings (SSSR count). The molecule has 0 aromatic heterocycles. The normalized spacial score (nSPS) is 24.1. The van der Waals surface area contributed by atoms with Gasteiger partial charge in [0, 0.05) is 5.54 Å². The van der Waals surface area contributed by atoms with Crippen molar-refractivity contribution in [1.82, 2.24) is 5.32 Å². The zero-order chi connectivity index (χ0) is 19.0. The lowest BCUT2D eigenvalue weighted by atomic mass is 9.57. The predicted molar refractivity (Wildman–Crippen MR) is 101 cm³/mol. The number of nitrogens with two attached hydrogens (primary N) is 1. The minimum absolute atomic E-state index is 0.172. The second-order valence-electron chi connectivity index (χ2n) is 9.30. The van der Waals surface area contributed by atoms with E-state index in [-0.39, 0.29) is 23.1 Å². The minimum atomic E-state index is -0.584. The van der Waals surface area contributed by atoms with E-state index in [1.54, 1.807) is 0 Å². The van der Waals surface area contributed by atoms with Crippen LogP contribution < -0.4 is 11.1 Å². The summed E-state index contributed by atoms with van der Waals surface area (Å²) < 4.78 is 0. The lowest BCUT2D eigenvalue weighted by Gasteiger charge is -2.48. The molecule has 1 aromatic rings. The van der Waals surface area contributed by atoms with E-state index >= 15 is 0 Å². The van der Waals surface area contributed by atoms with E-state index < -0.39 is 16.9 Å². The lowest BCUT2D eigenvalue weighted by Crippen LogP contribution is -2.57. The number of imide groups is 1. The zero-order valence-corrected chi connectivity index (χ0v) is 16.3. The number of rotatable bonds is 5. The zero-order valence-electron chi connectivity index (χ0n) is 16.3. The Morgan fingerprint density at radius 3 is 1.96 bits per heavy atom. The summed E-state index contributed by atoms with van der Waals surface area (Å²) in [6.07, 6.45) is 1.60. The highest BCUT2D eigenvalue weighted by molar-refractivity contribution is 6.05. The van der Waals surface area contributed by atoms with Crippen LogP contribution in [0.5, 0.6) is 0 Å². The van der Waals surface area contributed by atoms with Crippen molar-refractivity contribution in [3.05, 3.63) is 35.9 Å². The quantitative estimate of drug-likeness (QED) is 0.805. The number of hydrogen-bond acceptors (Lipinski definition) is 3. The first-order valence-corrected chi connectivity index (χ1v) is 9.05. The van der Waals surface area contributed by atoms with E-state index in [0.29, 0.717) is 0 Å². The smallest absolute Gasteiger partial charge is 0.231 e. The molecule has 3 N–H and O–H groups in total. The number of amides is 2. The van der Waals surface area contributed by atoms with Gasteiger partial charge in [0.05, 0.1) is 11.8 Å². The van der Waals surface area contributed by atoms with Gasteiger partial charge in [0.1, 0.15) is 0 Å². The number of carbonyl (C=O) groups excluding carboxylic acids is 2. The van der Waals surface area contributed by atoms with Gasteiger partial charge in [0.2, 0.25) is 11.8 Å². The predicted octanol–water partition coefficient (Wildman–Crippen LogP) is 3.30. The van der Waals surface area contributed by atoms with E-state index in [9.17, 15) is 9.59 Å². The van der Waals surface area contributed by atoms with Gasteiger partial charge in [-0.25, -0.2) is 0 Å². The molecule has 3 atom stereocenters. The number of benzene rings is 1. The van der Waals surface area contributed by atoms with Crippen LogP contribution in [0.25, 0.3) is 0 Å². The Morgan fingerprint density at radius 1 is 0.920 bits per heavy atom. The van der Waals surface area contributed by atoms with Crippen molar-refractivity contribution in [3.63, 3.8) is 0 Å². The Hall–Kier alpha value is -1.68. The molecule has 1 aliphatic rings. The van der Waals surface area contributed by atoms with Gasteiger partial charge in [-0.1, -0.05) is 65.0 Å². The summed E-state index contributed by atoms with van der Waals surface area (Å²) in [5, 5.41) is 2.54. The molecule has 1 fully saturated rings. The molecule has 1 aromatic carbocycles. The average molecular weight is 344 g/mol. The Bertz CT molecular complexity index is 642. The fourth-order valence-electron chi connectivity index (χ4n) is 3.94. The van der Waals surface area contributed by atoms with Crippen LogP contribution in [0.15, 0.2) is 30.3 Å². The maximum absolute atomic E-state index is 12.6. The van der Waals surface area contributed by atoms with Gasteiger partial charge in [-0.05, 0) is 36.2 Å². The Labute approximate surface area is 151 Å². The van der Waals surface area contributed by atoms with E-state index in [0.717, 1.165) is 12.8 Å². The summed E-state index contributed by atoms with van der Waals surface area (Å²) in [5.41, 5.74) is 6.57. The summed E-state index contributed by atoms with van der Waals surface area (Å²) in [6, 6.07) is 10.2. The first-order valence-electron chi connectivity index (χ1n) is 9.05.